The van der Waals surface area contributed by atoms with Crippen molar-refractivity contribution in [3.63, 3.8) is 0 Å². The monoisotopic (exact) mass is 388 g/mol. The van der Waals surface area contributed by atoms with E-state index in [2.05, 4.69) is 5.32 Å². The topological polar surface area (TPSA) is 75.7 Å². The number of nitrogens with zero attached hydrogens (tertiary/aromatic N) is 1. The van der Waals surface area contributed by atoms with Crippen LogP contribution in [0.2, 0.25) is 5.02 Å². The van der Waals surface area contributed by atoms with Crippen molar-refractivity contribution in [2.24, 2.45) is 0 Å². The predicted molar refractivity (Wildman–Crippen MR) is 104 cm³/mol. The van der Waals surface area contributed by atoms with Gasteiger partial charge in [0.2, 0.25) is 11.8 Å². The first-order valence-electron chi connectivity index (χ1n) is 8.47. The Morgan fingerprint density at radius 2 is 1.74 bits per heavy atom. The van der Waals surface area contributed by atoms with Gasteiger partial charge >= 0.3 is 5.97 Å². The molecule has 2 aromatic carbocycles. The minimum Gasteiger partial charge on any atom is -0.462 e. The third kappa shape index (κ3) is 5.82. The third-order valence-electron chi connectivity index (χ3n) is 3.80. The number of para-hydroxylation sites is 1. The zero-order valence-corrected chi connectivity index (χ0v) is 16.0. The molecule has 0 bridgehead atoms. The molecule has 0 fully saturated rings. The Hall–Kier alpha value is -2.86. The Kier molecular flexibility index (Phi) is 7.37. The van der Waals surface area contributed by atoms with E-state index < -0.39 is 11.9 Å². The highest BCUT2D eigenvalue weighted by atomic mass is 35.5. The lowest BCUT2D eigenvalue weighted by Gasteiger charge is -2.21. The SMILES string of the molecule is CCOC(=O)c1ccccc1NC(=O)CN(Cc1ccccc1Cl)C(C)=O. The molecule has 0 aliphatic carbocycles. The van der Waals surface area contributed by atoms with Crippen molar-refractivity contribution >= 4 is 35.1 Å². The highest BCUT2D eigenvalue weighted by Crippen LogP contribution is 2.18. The fraction of sp³-hybridized carbons (Fsp3) is 0.250. The molecule has 1 N–H and O–H groups in total. The second kappa shape index (κ2) is 9.73. The molecule has 7 heteroatoms. The molecule has 6 nitrogen and oxygen atoms in total. The standard InChI is InChI=1S/C20H21ClN2O4/c1-3-27-20(26)16-9-5-7-11-18(16)22-19(25)13-23(14(2)24)12-15-8-4-6-10-17(15)21/h4-11H,3,12-13H2,1-2H3,(H,22,25). The molecular weight excluding hydrogens is 368 g/mol. The molecule has 0 aromatic heterocycles. The predicted octanol–water partition coefficient (Wildman–Crippen LogP) is 3.50. The Bertz CT molecular complexity index is 838. The molecule has 0 radical (unpaired) electrons. The van der Waals surface area contributed by atoms with Crippen LogP contribution in [-0.2, 0) is 20.9 Å². The molecular formula is C20H21ClN2O4. The highest BCUT2D eigenvalue weighted by Gasteiger charge is 2.18. The first-order valence-corrected chi connectivity index (χ1v) is 8.85. The van der Waals surface area contributed by atoms with E-state index in [4.69, 9.17) is 16.3 Å². The second-order valence-corrected chi connectivity index (χ2v) is 6.19. The molecule has 0 aliphatic rings. The number of amides is 2. The number of hydrogen-bond donors (Lipinski definition) is 1. The van der Waals surface area contributed by atoms with E-state index in [1.54, 1.807) is 49.4 Å². The summed E-state index contributed by atoms with van der Waals surface area (Å²) in [5, 5.41) is 3.19. The van der Waals surface area contributed by atoms with E-state index in [1.165, 1.54) is 11.8 Å². The number of hydrogen-bond acceptors (Lipinski definition) is 4. The maximum atomic E-state index is 12.4. The number of halogens is 1. The summed E-state index contributed by atoms with van der Waals surface area (Å²) >= 11 is 6.13. The van der Waals surface area contributed by atoms with Gasteiger partial charge in [-0.3, -0.25) is 9.59 Å². The molecule has 0 saturated carbocycles. The maximum absolute atomic E-state index is 12.4. The van der Waals surface area contributed by atoms with Crippen molar-refractivity contribution in [1.82, 2.24) is 4.90 Å². The van der Waals surface area contributed by atoms with Gasteiger partial charge in [-0.25, -0.2) is 4.79 Å². The summed E-state index contributed by atoms with van der Waals surface area (Å²) in [7, 11) is 0. The molecule has 0 atom stereocenters. The summed E-state index contributed by atoms with van der Waals surface area (Å²) in [6.07, 6.45) is 0. The summed E-state index contributed by atoms with van der Waals surface area (Å²) in [6.45, 7) is 3.37. The number of rotatable bonds is 7. The van der Waals surface area contributed by atoms with Crippen LogP contribution in [0, 0.1) is 0 Å². The first kappa shape index (κ1) is 20.5. The number of carbonyl (C=O) groups is 3. The fourth-order valence-electron chi connectivity index (χ4n) is 2.45. The average molecular weight is 389 g/mol. The molecule has 2 rings (SSSR count). The molecule has 0 saturated heterocycles. The van der Waals surface area contributed by atoms with Crippen molar-refractivity contribution in [3.8, 4) is 0 Å². The largest absolute Gasteiger partial charge is 0.462 e. The lowest BCUT2D eigenvalue weighted by molar-refractivity contribution is -0.133. The Morgan fingerprint density at radius 3 is 2.41 bits per heavy atom. The zero-order valence-electron chi connectivity index (χ0n) is 15.2. The van der Waals surface area contributed by atoms with Crippen LogP contribution >= 0.6 is 11.6 Å². The first-order chi connectivity index (χ1) is 12.9. The molecule has 0 aliphatic heterocycles. The third-order valence-corrected chi connectivity index (χ3v) is 4.16. The number of benzene rings is 2. The van der Waals surface area contributed by atoms with Crippen molar-refractivity contribution in [1.29, 1.82) is 0 Å². The molecule has 142 valence electrons. The van der Waals surface area contributed by atoms with Crippen LogP contribution in [0.15, 0.2) is 48.5 Å². The Morgan fingerprint density at radius 1 is 1.07 bits per heavy atom. The minimum atomic E-state index is -0.520. The summed E-state index contributed by atoms with van der Waals surface area (Å²) in [4.78, 5) is 37.8. The van der Waals surface area contributed by atoms with Gasteiger partial charge in [0.1, 0.15) is 6.54 Å². The fourth-order valence-corrected chi connectivity index (χ4v) is 2.65. The molecule has 2 aromatic rings. The van der Waals surface area contributed by atoms with Gasteiger partial charge in [-0.15, -0.1) is 0 Å². The van der Waals surface area contributed by atoms with Crippen LogP contribution in [0.3, 0.4) is 0 Å². The van der Waals surface area contributed by atoms with E-state index in [0.717, 1.165) is 5.56 Å². The molecule has 2 amide bonds. The van der Waals surface area contributed by atoms with Gasteiger partial charge in [0.15, 0.2) is 0 Å². The zero-order chi connectivity index (χ0) is 19.8. The number of nitrogens with one attached hydrogen (secondary N) is 1. The van der Waals surface area contributed by atoms with Gasteiger partial charge < -0.3 is 15.0 Å². The van der Waals surface area contributed by atoms with Gasteiger partial charge in [0.25, 0.3) is 0 Å². The number of esters is 1. The maximum Gasteiger partial charge on any atom is 0.340 e. The van der Waals surface area contributed by atoms with Crippen LogP contribution in [0.5, 0.6) is 0 Å². The summed E-state index contributed by atoms with van der Waals surface area (Å²) < 4.78 is 4.99. The molecule has 0 unspecified atom stereocenters. The van der Waals surface area contributed by atoms with Gasteiger partial charge in [-0.05, 0) is 30.7 Å². The Balaban J connectivity index is 2.10. The minimum absolute atomic E-state index is 0.169. The molecule has 0 spiro atoms. The van der Waals surface area contributed by atoms with Crippen LogP contribution in [0.1, 0.15) is 29.8 Å². The summed E-state index contributed by atoms with van der Waals surface area (Å²) in [5.74, 6) is -1.20. The summed E-state index contributed by atoms with van der Waals surface area (Å²) in [6, 6.07) is 13.7. The number of carbonyl (C=O) groups excluding carboxylic acids is 3. The van der Waals surface area contributed by atoms with Crippen LogP contribution in [0.25, 0.3) is 0 Å². The van der Waals surface area contributed by atoms with Gasteiger partial charge in [-0.1, -0.05) is 41.9 Å². The number of ether oxygens (including phenoxy) is 1. The van der Waals surface area contributed by atoms with E-state index in [0.29, 0.717) is 10.7 Å². The van der Waals surface area contributed by atoms with Crippen molar-refractivity contribution < 1.29 is 19.1 Å². The van der Waals surface area contributed by atoms with Crippen molar-refractivity contribution in [3.05, 3.63) is 64.7 Å². The van der Waals surface area contributed by atoms with Crippen molar-refractivity contribution in [2.75, 3.05) is 18.5 Å². The van der Waals surface area contributed by atoms with E-state index >= 15 is 0 Å². The average Bonchev–Trinajstić information content (AvgIpc) is 2.63. The van der Waals surface area contributed by atoms with Gasteiger partial charge in [0, 0.05) is 18.5 Å². The quantitative estimate of drug-likeness (QED) is 0.736. The van der Waals surface area contributed by atoms with E-state index in [1.807, 2.05) is 6.07 Å². The second-order valence-electron chi connectivity index (χ2n) is 5.78. The number of anilines is 1. The van der Waals surface area contributed by atoms with Gasteiger partial charge in [-0.2, -0.15) is 0 Å². The molecule has 0 heterocycles. The van der Waals surface area contributed by atoms with Crippen molar-refractivity contribution in [2.45, 2.75) is 20.4 Å². The van der Waals surface area contributed by atoms with E-state index in [-0.39, 0.29) is 31.2 Å². The highest BCUT2D eigenvalue weighted by molar-refractivity contribution is 6.31. The smallest absolute Gasteiger partial charge is 0.340 e. The lowest BCUT2D eigenvalue weighted by Crippen LogP contribution is -2.36. The Labute approximate surface area is 163 Å². The normalized spacial score (nSPS) is 10.2. The van der Waals surface area contributed by atoms with Crippen LogP contribution in [0.4, 0.5) is 5.69 Å². The summed E-state index contributed by atoms with van der Waals surface area (Å²) in [5.41, 5.74) is 1.34. The van der Waals surface area contributed by atoms with Crippen LogP contribution < -0.4 is 5.32 Å². The van der Waals surface area contributed by atoms with E-state index in [9.17, 15) is 14.4 Å². The van der Waals surface area contributed by atoms with Crippen LogP contribution in [-0.4, -0.2) is 35.8 Å². The lowest BCUT2D eigenvalue weighted by atomic mass is 10.1. The van der Waals surface area contributed by atoms with Gasteiger partial charge in [0.05, 0.1) is 17.9 Å². The molecule has 27 heavy (non-hydrogen) atoms.